The summed E-state index contributed by atoms with van der Waals surface area (Å²) in [4.78, 5) is 25.9. The Morgan fingerprint density at radius 1 is 1.03 bits per heavy atom. The Labute approximate surface area is 201 Å². The van der Waals surface area contributed by atoms with E-state index in [0.29, 0.717) is 17.5 Å². The number of hydrogen-bond donors (Lipinski definition) is 1. The Bertz CT molecular complexity index is 1470. The minimum atomic E-state index is -0.416. The number of rotatable bonds is 5. The van der Waals surface area contributed by atoms with Crippen molar-refractivity contribution in [2.75, 3.05) is 5.75 Å². The van der Waals surface area contributed by atoms with Crippen LogP contribution in [-0.2, 0) is 23.2 Å². The van der Waals surface area contributed by atoms with E-state index in [1.807, 2.05) is 40.8 Å². The molecule has 1 fully saturated rings. The van der Waals surface area contributed by atoms with Gasteiger partial charge in [-0.15, -0.1) is 10.2 Å². The number of nitrogens with zero attached hydrogens (tertiary/aromatic N) is 4. The fraction of sp³-hybridized carbons (Fsp3) is 0.308. The Morgan fingerprint density at radius 2 is 1.76 bits per heavy atom. The van der Waals surface area contributed by atoms with Crippen LogP contribution in [0.3, 0.4) is 0 Å². The first-order valence-electron chi connectivity index (χ1n) is 11.6. The van der Waals surface area contributed by atoms with E-state index in [1.165, 1.54) is 17.3 Å². The van der Waals surface area contributed by atoms with Gasteiger partial charge in [-0.25, -0.2) is 0 Å². The lowest BCUT2D eigenvalue weighted by atomic mass is 9.68. The Morgan fingerprint density at radius 3 is 2.53 bits per heavy atom. The number of benzene rings is 2. The van der Waals surface area contributed by atoms with Crippen molar-refractivity contribution in [2.24, 2.45) is 5.73 Å². The molecule has 0 bridgehead atoms. The third kappa shape index (κ3) is 3.27. The van der Waals surface area contributed by atoms with Gasteiger partial charge in [-0.1, -0.05) is 79.2 Å². The second-order valence-electron chi connectivity index (χ2n) is 9.29. The van der Waals surface area contributed by atoms with Crippen LogP contribution in [0.5, 0.6) is 0 Å². The highest BCUT2D eigenvalue weighted by Crippen LogP contribution is 2.50. The number of hydrogen-bond acceptors (Lipinski definition) is 5. The van der Waals surface area contributed by atoms with Gasteiger partial charge in [-0.3, -0.25) is 18.6 Å². The van der Waals surface area contributed by atoms with Crippen LogP contribution in [0.4, 0.5) is 0 Å². The van der Waals surface area contributed by atoms with Crippen LogP contribution in [0, 0.1) is 0 Å². The maximum atomic E-state index is 14.3. The monoisotopic (exact) mass is 471 g/mol. The maximum Gasteiger partial charge on any atom is 0.259 e. The van der Waals surface area contributed by atoms with E-state index in [4.69, 9.17) is 5.73 Å². The van der Waals surface area contributed by atoms with E-state index >= 15 is 0 Å². The van der Waals surface area contributed by atoms with Gasteiger partial charge < -0.3 is 5.73 Å². The highest BCUT2D eigenvalue weighted by atomic mass is 32.2. The molecule has 0 radical (unpaired) electrons. The second-order valence-corrected chi connectivity index (χ2v) is 10.2. The molecule has 0 aliphatic heterocycles. The predicted molar refractivity (Wildman–Crippen MR) is 132 cm³/mol. The number of carbonyl (C=O) groups excluding carboxylic acids is 1. The molecule has 1 saturated carbocycles. The van der Waals surface area contributed by atoms with Crippen LogP contribution in [0.15, 0.2) is 64.5 Å². The molecular formula is C26H25N5O2S. The van der Waals surface area contributed by atoms with Crippen molar-refractivity contribution in [1.82, 2.24) is 19.2 Å². The molecule has 2 aromatic heterocycles. The van der Waals surface area contributed by atoms with Crippen molar-refractivity contribution < 1.29 is 4.79 Å². The molecule has 2 heterocycles. The molecule has 0 atom stereocenters. The van der Waals surface area contributed by atoms with E-state index in [2.05, 4.69) is 28.4 Å². The van der Waals surface area contributed by atoms with Gasteiger partial charge in [-0.05, 0) is 30.4 Å². The number of aromatic nitrogens is 4. The van der Waals surface area contributed by atoms with Crippen LogP contribution in [0.25, 0.3) is 17.0 Å². The first kappa shape index (κ1) is 21.2. The van der Waals surface area contributed by atoms with Crippen molar-refractivity contribution in [3.05, 3.63) is 81.6 Å². The largest absolute Gasteiger partial charge is 0.369 e. The molecule has 0 saturated heterocycles. The fourth-order valence-electron chi connectivity index (χ4n) is 5.78. The summed E-state index contributed by atoms with van der Waals surface area (Å²) >= 11 is 1.26. The van der Waals surface area contributed by atoms with Crippen LogP contribution >= 0.6 is 11.8 Å². The van der Waals surface area contributed by atoms with E-state index in [9.17, 15) is 9.59 Å². The van der Waals surface area contributed by atoms with Gasteiger partial charge in [0.2, 0.25) is 11.7 Å². The second kappa shape index (κ2) is 8.13. The number of primary amides is 1. The highest BCUT2D eigenvalue weighted by molar-refractivity contribution is 7.99. The van der Waals surface area contributed by atoms with Crippen molar-refractivity contribution in [3.8, 4) is 11.3 Å². The van der Waals surface area contributed by atoms with Gasteiger partial charge in [0.25, 0.3) is 5.56 Å². The Kier molecular flexibility index (Phi) is 5.06. The molecule has 7 nitrogen and oxygen atoms in total. The molecular weight excluding hydrogens is 446 g/mol. The summed E-state index contributed by atoms with van der Waals surface area (Å²) in [5, 5.41) is 9.45. The molecule has 4 aromatic rings. The summed E-state index contributed by atoms with van der Waals surface area (Å²) in [7, 11) is 0. The number of nitrogens with two attached hydrogens (primary N) is 1. The summed E-state index contributed by atoms with van der Waals surface area (Å²) in [6.45, 7) is 0.410. The lowest BCUT2D eigenvalue weighted by molar-refractivity contribution is -0.115. The van der Waals surface area contributed by atoms with Crippen LogP contribution < -0.4 is 11.3 Å². The van der Waals surface area contributed by atoms with Gasteiger partial charge in [0.05, 0.1) is 18.0 Å². The van der Waals surface area contributed by atoms with E-state index in [1.54, 1.807) is 4.57 Å². The Hall–Kier alpha value is -3.39. The predicted octanol–water partition coefficient (Wildman–Crippen LogP) is 3.55. The summed E-state index contributed by atoms with van der Waals surface area (Å²) in [5.41, 5.74) is 10.3. The van der Waals surface area contributed by atoms with Gasteiger partial charge in [0.1, 0.15) is 0 Å². The van der Waals surface area contributed by atoms with Crippen LogP contribution in [-0.4, -0.2) is 30.8 Å². The number of carbonyl (C=O) groups is 1. The third-order valence-electron chi connectivity index (χ3n) is 7.20. The standard InChI is InChI=1S/C26H25N5O2S/c27-20(32)16-34-25-29-28-24-30(15-17-8-2-1-3-9-17)23(33)21-22(31(24)25)19-11-5-4-10-18(19)14-26(21)12-6-7-13-26/h1-5,8-11H,6-7,12-16H2,(H2,27,32). The first-order valence-corrected chi connectivity index (χ1v) is 12.6. The lowest BCUT2D eigenvalue weighted by Gasteiger charge is -2.37. The van der Waals surface area contributed by atoms with Crippen molar-refractivity contribution in [3.63, 3.8) is 0 Å². The van der Waals surface area contributed by atoms with Gasteiger partial charge in [0.15, 0.2) is 5.16 Å². The van der Waals surface area contributed by atoms with Crippen molar-refractivity contribution in [1.29, 1.82) is 0 Å². The number of amides is 1. The van der Waals surface area contributed by atoms with Gasteiger partial charge in [0, 0.05) is 16.5 Å². The summed E-state index contributed by atoms with van der Waals surface area (Å²) in [6.07, 6.45) is 5.08. The SMILES string of the molecule is NC(=O)CSc1nnc2n(Cc3ccccc3)c(=O)c3c(n12)-c1ccccc1CC31CCCC1. The molecule has 1 spiro atoms. The zero-order valence-electron chi connectivity index (χ0n) is 18.7. The molecule has 34 heavy (non-hydrogen) atoms. The molecule has 6 rings (SSSR count). The number of fused-ring (bicyclic) bond motifs is 6. The molecule has 2 N–H and O–H groups in total. The smallest absolute Gasteiger partial charge is 0.259 e. The zero-order valence-corrected chi connectivity index (χ0v) is 19.6. The Balaban J connectivity index is 1.69. The summed E-state index contributed by atoms with van der Waals surface area (Å²) in [5.74, 6) is 0.172. The van der Waals surface area contributed by atoms with Crippen molar-refractivity contribution >= 4 is 23.4 Å². The molecule has 1 amide bonds. The quantitative estimate of drug-likeness (QED) is 0.449. The summed E-state index contributed by atoms with van der Waals surface area (Å²) in [6, 6.07) is 18.3. The topological polar surface area (TPSA) is 95.3 Å². The number of thioether (sulfide) groups is 1. The van der Waals surface area contributed by atoms with Crippen LogP contribution in [0.2, 0.25) is 0 Å². The average molecular weight is 472 g/mol. The summed E-state index contributed by atoms with van der Waals surface area (Å²) < 4.78 is 3.74. The van der Waals surface area contributed by atoms with Crippen molar-refractivity contribution in [2.45, 2.75) is 49.2 Å². The van der Waals surface area contributed by atoms with Gasteiger partial charge in [-0.2, -0.15) is 0 Å². The first-order chi connectivity index (χ1) is 16.6. The van der Waals surface area contributed by atoms with E-state index < -0.39 is 5.91 Å². The zero-order chi connectivity index (χ0) is 23.3. The van der Waals surface area contributed by atoms with E-state index in [-0.39, 0.29) is 16.7 Å². The molecule has 172 valence electrons. The van der Waals surface area contributed by atoms with E-state index in [0.717, 1.165) is 54.5 Å². The van der Waals surface area contributed by atoms with Gasteiger partial charge >= 0.3 is 0 Å². The molecule has 8 heteroatoms. The minimum absolute atomic E-state index is 0.0154. The molecule has 0 unspecified atom stereocenters. The minimum Gasteiger partial charge on any atom is -0.369 e. The normalized spacial score (nSPS) is 16.0. The molecule has 2 aromatic carbocycles. The molecule has 2 aliphatic rings. The average Bonchev–Trinajstić information content (AvgIpc) is 3.48. The fourth-order valence-corrected chi connectivity index (χ4v) is 6.45. The maximum absolute atomic E-state index is 14.3. The third-order valence-corrected chi connectivity index (χ3v) is 8.15. The van der Waals surface area contributed by atoms with Crippen LogP contribution in [0.1, 0.15) is 42.4 Å². The highest BCUT2D eigenvalue weighted by Gasteiger charge is 2.45. The molecule has 2 aliphatic carbocycles. The lowest BCUT2D eigenvalue weighted by Crippen LogP contribution is -2.40.